The normalized spacial score (nSPS) is 12.6. The molecule has 1 aromatic carbocycles. The molecule has 0 aliphatic carbocycles. The number of alkyl halides is 1. The molecular formula is C10H11BrCl2O. The highest BCUT2D eigenvalue weighted by Crippen LogP contribution is 2.32. The summed E-state index contributed by atoms with van der Waals surface area (Å²) in [6.45, 7) is 2.00. The quantitative estimate of drug-likeness (QED) is 0.741. The Morgan fingerprint density at radius 3 is 2.79 bits per heavy atom. The van der Waals surface area contributed by atoms with Gasteiger partial charge in [-0.1, -0.05) is 45.2 Å². The molecule has 0 aliphatic heterocycles. The summed E-state index contributed by atoms with van der Waals surface area (Å²) in [5, 5.41) is 1.91. The maximum absolute atomic E-state index is 5.97. The van der Waals surface area contributed by atoms with Gasteiger partial charge in [-0.25, -0.2) is 0 Å². The Kier molecular flexibility index (Phi) is 5.07. The van der Waals surface area contributed by atoms with Crippen LogP contribution in [0.4, 0.5) is 0 Å². The van der Waals surface area contributed by atoms with Gasteiger partial charge < -0.3 is 4.74 Å². The lowest BCUT2D eigenvalue weighted by molar-refractivity contribution is 0.219. The van der Waals surface area contributed by atoms with Crippen molar-refractivity contribution in [1.82, 2.24) is 0 Å². The first kappa shape index (κ1) is 12.2. The molecule has 0 radical (unpaired) electrons. The molecule has 1 nitrogen and oxygen atoms in total. The van der Waals surface area contributed by atoms with Gasteiger partial charge in [-0.05, 0) is 25.5 Å². The van der Waals surface area contributed by atoms with Crippen LogP contribution in [0.25, 0.3) is 0 Å². The molecule has 0 N–H and O–H groups in total. The molecule has 78 valence electrons. The molecule has 0 fully saturated rings. The van der Waals surface area contributed by atoms with E-state index in [0.717, 1.165) is 11.8 Å². The lowest BCUT2D eigenvalue weighted by atomic mass is 10.3. The Hall–Kier alpha value is 0.0800. The van der Waals surface area contributed by atoms with Crippen molar-refractivity contribution in [2.75, 3.05) is 5.33 Å². The zero-order chi connectivity index (χ0) is 10.6. The van der Waals surface area contributed by atoms with E-state index in [2.05, 4.69) is 15.9 Å². The zero-order valence-corrected chi connectivity index (χ0v) is 10.9. The van der Waals surface area contributed by atoms with E-state index in [1.807, 2.05) is 19.1 Å². The van der Waals surface area contributed by atoms with E-state index in [1.54, 1.807) is 6.07 Å². The van der Waals surface area contributed by atoms with E-state index in [4.69, 9.17) is 27.9 Å². The lowest BCUT2D eigenvalue weighted by Gasteiger charge is -2.14. The van der Waals surface area contributed by atoms with Crippen molar-refractivity contribution in [3.8, 4) is 5.75 Å². The molecule has 0 saturated carbocycles. The first-order valence-corrected chi connectivity index (χ1v) is 6.19. The molecule has 0 amide bonds. The van der Waals surface area contributed by atoms with Crippen LogP contribution in [0.15, 0.2) is 18.2 Å². The fraction of sp³-hybridized carbons (Fsp3) is 0.400. The van der Waals surface area contributed by atoms with Gasteiger partial charge in [-0.3, -0.25) is 0 Å². The van der Waals surface area contributed by atoms with Gasteiger partial charge in [0.2, 0.25) is 0 Å². The Bertz CT molecular complexity index is 304. The van der Waals surface area contributed by atoms with Crippen LogP contribution in [0.1, 0.15) is 13.3 Å². The van der Waals surface area contributed by atoms with E-state index in [-0.39, 0.29) is 6.10 Å². The zero-order valence-electron chi connectivity index (χ0n) is 7.77. The van der Waals surface area contributed by atoms with Gasteiger partial charge in [0, 0.05) is 5.33 Å². The third kappa shape index (κ3) is 3.34. The molecule has 1 aromatic rings. The van der Waals surface area contributed by atoms with Crippen molar-refractivity contribution in [1.29, 1.82) is 0 Å². The van der Waals surface area contributed by atoms with E-state index in [9.17, 15) is 0 Å². The Balaban J connectivity index is 2.71. The van der Waals surface area contributed by atoms with Gasteiger partial charge in [0.25, 0.3) is 0 Å². The monoisotopic (exact) mass is 296 g/mol. The molecule has 0 saturated heterocycles. The second-order valence-corrected chi connectivity index (χ2v) is 4.54. The summed E-state index contributed by atoms with van der Waals surface area (Å²) in [5.41, 5.74) is 0. The van der Waals surface area contributed by atoms with E-state index < -0.39 is 0 Å². The average Bonchev–Trinajstić information content (AvgIpc) is 2.13. The minimum Gasteiger partial charge on any atom is -0.489 e. The van der Waals surface area contributed by atoms with E-state index in [1.165, 1.54) is 0 Å². The maximum atomic E-state index is 5.97. The van der Waals surface area contributed by atoms with Crippen molar-refractivity contribution in [3.05, 3.63) is 28.2 Å². The molecule has 0 spiro atoms. The average molecular weight is 298 g/mol. The van der Waals surface area contributed by atoms with Gasteiger partial charge >= 0.3 is 0 Å². The fourth-order valence-electron chi connectivity index (χ4n) is 1.00. The summed E-state index contributed by atoms with van der Waals surface area (Å²) in [7, 11) is 0. The summed E-state index contributed by atoms with van der Waals surface area (Å²) < 4.78 is 5.62. The number of benzene rings is 1. The smallest absolute Gasteiger partial charge is 0.139 e. The first-order valence-electron chi connectivity index (χ1n) is 4.31. The van der Waals surface area contributed by atoms with Crippen LogP contribution < -0.4 is 4.74 Å². The van der Waals surface area contributed by atoms with Crippen LogP contribution in [0.2, 0.25) is 10.0 Å². The fourth-order valence-corrected chi connectivity index (χ4v) is 1.99. The van der Waals surface area contributed by atoms with Crippen LogP contribution in [0.3, 0.4) is 0 Å². The molecule has 0 heterocycles. The largest absolute Gasteiger partial charge is 0.489 e. The van der Waals surface area contributed by atoms with Crippen molar-refractivity contribution in [3.63, 3.8) is 0 Å². The summed E-state index contributed by atoms with van der Waals surface area (Å²) >= 11 is 15.2. The van der Waals surface area contributed by atoms with Crippen LogP contribution in [-0.2, 0) is 0 Å². The first-order chi connectivity index (χ1) is 6.65. The van der Waals surface area contributed by atoms with Crippen molar-refractivity contribution < 1.29 is 4.74 Å². The molecule has 4 heteroatoms. The van der Waals surface area contributed by atoms with Crippen LogP contribution in [-0.4, -0.2) is 11.4 Å². The van der Waals surface area contributed by atoms with Crippen LogP contribution >= 0.6 is 39.1 Å². The lowest BCUT2D eigenvalue weighted by Crippen LogP contribution is -2.12. The Morgan fingerprint density at radius 1 is 1.43 bits per heavy atom. The third-order valence-corrected chi connectivity index (χ3v) is 3.02. The molecule has 1 atom stereocenters. The standard InChI is InChI=1S/C10H11BrCl2O/c1-7(5-6-11)14-9-4-2-3-8(12)10(9)13/h2-4,7H,5-6H2,1H3. The number of halogens is 3. The maximum Gasteiger partial charge on any atom is 0.139 e. The van der Waals surface area contributed by atoms with Gasteiger partial charge in [0.1, 0.15) is 10.8 Å². The summed E-state index contributed by atoms with van der Waals surface area (Å²) in [6.07, 6.45) is 1.06. The third-order valence-electron chi connectivity index (χ3n) is 1.76. The molecule has 1 unspecified atom stereocenters. The number of rotatable bonds is 4. The summed E-state index contributed by atoms with van der Waals surface area (Å²) in [6, 6.07) is 5.38. The summed E-state index contributed by atoms with van der Waals surface area (Å²) in [4.78, 5) is 0. The summed E-state index contributed by atoms with van der Waals surface area (Å²) in [5.74, 6) is 0.646. The second kappa shape index (κ2) is 5.84. The van der Waals surface area contributed by atoms with Gasteiger partial charge in [-0.2, -0.15) is 0 Å². The Morgan fingerprint density at radius 2 is 2.14 bits per heavy atom. The van der Waals surface area contributed by atoms with E-state index >= 15 is 0 Å². The minimum absolute atomic E-state index is 0.130. The second-order valence-electron chi connectivity index (χ2n) is 2.96. The van der Waals surface area contributed by atoms with Gasteiger partial charge in [0.05, 0.1) is 11.1 Å². The van der Waals surface area contributed by atoms with Crippen molar-refractivity contribution in [2.24, 2.45) is 0 Å². The highest BCUT2D eigenvalue weighted by molar-refractivity contribution is 9.09. The molecule has 0 bridgehead atoms. The number of hydrogen-bond donors (Lipinski definition) is 0. The predicted octanol–water partition coefficient (Wildman–Crippen LogP) is 4.55. The molecule has 14 heavy (non-hydrogen) atoms. The molecule has 1 rings (SSSR count). The van der Waals surface area contributed by atoms with Crippen molar-refractivity contribution in [2.45, 2.75) is 19.4 Å². The highest BCUT2D eigenvalue weighted by Gasteiger charge is 2.08. The molecular weight excluding hydrogens is 287 g/mol. The minimum atomic E-state index is 0.130. The van der Waals surface area contributed by atoms with Gasteiger partial charge in [-0.15, -0.1) is 0 Å². The van der Waals surface area contributed by atoms with E-state index in [0.29, 0.717) is 15.8 Å². The molecule has 0 aliphatic rings. The number of ether oxygens (including phenoxy) is 1. The topological polar surface area (TPSA) is 9.23 Å². The SMILES string of the molecule is CC(CCBr)Oc1cccc(Cl)c1Cl. The number of hydrogen-bond acceptors (Lipinski definition) is 1. The van der Waals surface area contributed by atoms with Crippen LogP contribution in [0.5, 0.6) is 5.75 Å². The predicted molar refractivity (Wildman–Crippen MR) is 65.0 cm³/mol. The Labute approximate surface area is 102 Å². The van der Waals surface area contributed by atoms with Gasteiger partial charge in [0.15, 0.2) is 0 Å². The highest BCUT2D eigenvalue weighted by atomic mass is 79.9. The molecule has 0 aromatic heterocycles. The van der Waals surface area contributed by atoms with Crippen LogP contribution in [0, 0.1) is 0 Å². The van der Waals surface area contributed by atoms with Crippen molar-refractivity contribution >= 4 is 39.1 Å².